The molecule has 10 heteroatoms. The molecule has 2 aliphatic heterocycles. The van der Waals surface area contributed by atoms with Crippen LogP contribution in [0.5, 0.6) is 11.5 Å². The van der Waals surface area contributed by atoms with Gasteiger partial charge in [-0.15, -0.1) is 0 Å². The second kappa shape index (κ2) is 7.90. The summed E-state index contributed by atoms with van der Waals surface area (Å²) in [5, 5.41) is 3.88. The van der Waals surface area contributed by atoms with Crippen LogP contribution in [0.15, 0.2) is 39.6 Å². The summed E-state index contributed by atoms with van der Waals surface area (Å²) < 4.78 is 15.8. The highest BCUT2D eigenvalue weighted by Crippen LogP contribution is 2.33. The normalized spacial score (nSPS) is 16.4. The Hall–Kier alpha value is -3.82. The lowest BCUT2D eigenvalue weighted by atomic mass is 10.2. The van der Waals surface area contributed by atoms with Gasteiger partial charge in [-0.1, -0.05) is 11.2 Å². The first-order chi connectivity index (χ1) is 14.5. The third kappa shape index (κ3) is 3.59. The number of rotatable bonds is 6. The maximum Gasteiger partial charge on any atom is 0.332 e. The molecule has 0 unspecified atom stereocenters. The summed E-state index contributed by atoms with van der Waals surface area (Å²) in [6, 6.07) is 4.95. The number of fused-ring (bicyclic) bond motifs is 1. The summed E-state index contributed by atoms with van der Waals surface area (Å²) in [5.74, 6) is 1.58. The zero-order chi connectivity index (χ0) is 21.3. The van der Waals surface area contributed by atoms with Crippen LogP contribution in [0.2, 0.25) is 0 Å². The number of carbonyl (C=O) groups excluding carboxylic acids is 2. The van der Waals surface area contributed by atoms with E-state index < -0.39 is 6.03 Å². The Morgan fingerprint density at radius 3 is 2.80 bits per heavy atom. The Balaban J connectivity index is 1.45. The number of carbonyl (C=O) groups is 2. The number of nitrogens with two attached hydrogens (primary N) is 1. The molecule has 10 nitrogen and oxygen atoms in total. The van der Waals surface area contributed by atoms with Gasteiger partial charge in [0.15, 0.2) is 11.5 Å². The molecule has 0 saturated carbocycles. The molecule has 3 heterocycles. The smallest absolute Gasteiger partial charge is 0.332 e. The zero-order valence-electron chi connectivity index (χ0n) is 16.6. The summed E-state index contributed by atoms with van der Waals surface area (Å²) in [6.07, 6.45) is 2.60. The van der Waals surface area contributed by atoms with Gasteiger partial charge in [-0.2, -0.15) is 0 Å². The van der Waals surface area contributed by atoms with E-state index in [0.29, 0.717) is 23.8 Å². The number of benzene rings is 1. The van der Waals surface area contributed by atoms with Crippen molar-refractivity contribution in [3.8, 4) is 11.5 Å². The predicted octanol–water partition coefficient (Wildman–Crippen LogP) is 1.86. The minimum atomic E-state index is -0.460. The highest BCUT2D eigenvalue weighted by Gasteiger charge is 2.38. The molecule has 0 atom stereocenters. The van der Waals surface area contributed by atoms with E-state index in [1.807, 2.05) is 13.0 Å². The van der Waals surface area contributed by atoms with Crippen LogP contribution in [0.25, 0.3) is 0 Å². The highest BCUT2D eigenvalue weighted by atomic mass is 16.7. The Kier molecular flexibility index (Phi) is 5.13. The molecule has 1 aromatic heterocycles. The Morgan fingerprint density at radius 1 is 1.27 bits per heavy atom. The van der Waals surface area contributed by atoms with Crippen molar-refractivity contribution < 1.29 is 23.6 Å². The number of imide groups is 1. The second-order valence-corrected chi connectivity index (χ2v) is 6.92. The van der Waals surface area contributed by atoms with E-state index in [2.05, 4.69) is 10.1 Å². The average Bonchev–Trinajstić information content (AvgIpc) is 3.39. The fourth-order valence-corrected chi connectivity index (χ4v) is 3.32. The number of amides is 3. The minimum absolute atomic E-state index is 0.0533. The average molecular weight is 411 g/mol. The predicted molar refractivity (Wildman–Crippen MR) is 106 cm³/mol. The van der Waals surface area contributed by atoms with Crippen molar-refractivity contribution in [1.82, 2.24) is 15.0 Å². The van der Waals surface area contributed by atoms with Crippen molar-refractivity contribution in [3.05, 3.63) is 52.7 Å². The summed E-state index contributed by atoms with van der Waals surface area (Å²) in [5.41, 5.74) is 8.31. The number of hydrogen-bond acceptors (Lipinski definition) is 8. The molecule has 0 bridgehead atoms. The lowest BCUT2D eigenvalue weighted by molar-refractivity contribution is -0.123. The van der Waals surface area contributed by atoms with Gasteiger partial charge in [0.05, 0.1) is 17.9 Å². The van der Waals surface area contributed by atoms with Crippen LogP contribution in [0.4, 0.5) is 4.79 Å². The van der Waals surface area contributed by atoms with E-state index in [1.54, 1.807) is 19.1 Å². The van der Waals surface area contributed by atoms with Crippen molar-refractivity contribution in [3.63, 3.8) is 0 Å². The van der Waals surface area contributed by atoms with E-state index in [4.69, 9.17) is 19.7 Å². The molecule has 4 rings (SSSR count). The minimum Gasteiger partial charge on any atom is -0.454 e. The second-order valence-electron chi connectivity index (χ2n) is 6.92. The molecule has 3 amide bonds. The Morgan fingerprint density at radius 2 is 2.07 bits per heavy atom. The summed E-state index contributed by atoms with van der Waals surface area (Å²) in [7, 11) is 0. The fraction of sp³-hybridized carbons (Fsp3) is 0.300. The van der Waals surface area contributed by atoms with Gasteiger partial charge in [-0.25, -0.2) is 9.69 Å². The van der Waals surface area contributed by atoms with Crippen LogP contribution >= 0.6 is 0 Å². The number of allylic oxidation sites excluding steroid dienone is 1. The summed E-state index contributed by atoms with van der Waals surface area (Å²) in [4.78, 5) is 32.1. The van der Waals surface area contributed by atoms with Crippen LogP contribution in [0, 0.1) is 13.8 Å². The molecule has 2 N–H and O–H groups in total. The summed E-state index contributed by atoms with van der Waals surface area (Å²) in [6.45, 7) is 4.30. The topological polar surface area (TPSA) is 123 Å². The number of aryl methyl sites for hydroxylation is 2. The van der Waals surface area contributed by atoms with Crippen molar-refractivity contribution in [1.29, 1.82) is 0 Å². The molecule has 0 spiro atoms. The highest BCUT2D eigenvalue weighted by molar-refractivity contribution is 6.07. The first-order valence-electron chi connectivity index (χ1n) is 9.31. The number of hydrogen-bond donors (Lipinski definition) is 1. The van der Waals surface area contributed by atoms with Gasteiger partial charge in [-0.05, 0) is 31.5 Å². The van der Waals surface area contributed by atoms with Crippen molar-refractivity contribution in [2.75, 3.05) is 13.3 Å². The number of aliphatic imine (C=N–C) groups is 1. The third-order valence-electron chi connectivity index (χ3n) is 4.93. The van der Waals surface area contributed by atoms with Gasteiger partial charge in [0, 0.05) is 24.5 Å². The Labute approximate surface area is 172 Å². The van der Waals surface area contributed by atoms with E-state index in [-0.39, 0.29) is 31.5 Å². The maximum absolute atomic E-state index is 12.8. The van der Waals surface area contributed by atoms with Gasteiger partial charge in [0.2, 0.25) is 6.79 Å². The number of aromatic nitrogens is 1. The first kappa shape index (κ1) is 19.5. The quantitative estimate of drug-likeness (QED) is 0.568. The van der Waals surface area contributed by atoms with E-state index >= 15 is 0 Å². The van der Waals surface area contributed by atoms with Crippen LogP contribution in [-0.2, 0) is 17.9 Å². The number of ether oxygens (including phenoxy) is 2. The molecule has 2 aliphatic rings. The molecular weight excluding hydrogens is 390 g/mol. The van der Waals surface area contributed by atoms with Crippen molar-refractivity contribution >= 4 is 18.2 Å². The number of urea groups is 1. The van der Waals surface area contributed by atoms with Crippen molar-refractivity contribution in [2.24, 2.45) is 10.7 Å². The third-order valence-corrected chi connectivity index (χ3v) is 4.93. The number of nitrogens with zero attached hydrogens (tertiary/aromatic N) is 4. The SMILES string of the molecule is Cc1noc(C)c1CN=CC(=CN)N1C(=O)CN(Cc2ccc3c(c2)OCO3)C1=O. The Bertz CT molecular complexity index is 1040. The fourth-order valence-electron chi connectivity index (χ4n) is 3.32. The molecule has 1 aromatic carbocycles. The first-order valence-corrected chi connectivity index (χ1v) is 9.31. The van der Waals surface area contributed by atoms with Gasteiger partial charge >= 0.3 is 6.03 Å². The molecule has 0 aliphatic carbocycles. The van der Waals surface area contributed by atoms with Gasteiger partial charge in [-0.3, -0.25) is 9.79 Å². The van der Waals surface area contributed by atoms with Crippen LogP contribution < -0.4 is 15.2 Å². The molecule has 0 radical (unpaired) electrons. The van der Waals surface area contributed by atoms with Gasteiger partial charge in [0.25, 0.3) is 5.91 Å². The van der Waals surface area contributed by atoms with Crippen LogP contribution in [0.1, 0.15) is 22.6 Å². The molecule has 1 fully saturated rings. The van der Waals surface area contributed by atoms with Gasteiger partial charge < -0.3 is 24.6 Å². The molecule has 1 saturated heterocycles. The molecule has 30 heavy (non-hydrogen) atoms. The molecule has 156 valence electrons. The van der Waals surface area contributed by atoms with Crippen LogP contribution in [-0.4, -0.2) is 46.4 Å². The zero-order valence-corrected chi connectivity index (χ0v) is 16.6. The monoisotopic (exact) mass is 411 g/mol. The molecule has 2 aromatic rings. The van der Waals surface area contributed by atoms with Gasteiger partial charge in [0.1, 0.15) is 12.3 Å². The lowest BCUT2D eigenvalue weighted by Crippen LogP contribution is -2.33. The largest absolute Gasteiger partial charge is 0.454 e. The van der Waals surface area contributed by atoms with Crippen LogP contribution in [0.3, 0.4) is 0 Å². The maximum atomic E-state index is 12.8. The lowest BCUT2D eigenvalue weighted by Gasteiger charge is -2.17. The van der Waals surface area contributed by atoms with E-state index in [1.165, 1.54) is 17.3 Å². The standard InChI is InChI=1S/C20H21N5O5/c1-12-16(13(2)30-23-12)8-22-7-15(6-21)25-19(26)10-24(20(25)27)9-14-3-4-17-18(5-14)29-11-28-17/h3-7H,8-11,21H2,1-2H3. The van der Waals surface area contributed by atoms with E-state index in [0.717, 1.165) is 21.7 Å². The summed E-state index contributed by atoms with van der Waals surface area (Å²) >= 11 is 0. The molecular formula is C20H21N5O5. The van der Waals surface area contributed by atoms with Crippen molar-refractivity contribution in [2.45, 2.75) is 26.9 Å². The van der Waals surface area contributed by atoms with E-state index in [9.17, 15) is 9.59 Å².